The van der Waals surface area contributed by atoms with Gasteiger partial charge in [0.25, 0.3) is 0 Å². The van der Waals surface area contributed by atoms with E-state index in [4.69, 9.17) is 10.8 Å². The normalized spacial score (nSPS) is 10.9. The molecule has 23 heavy (non-hydrogen) atoms. The Kier molecular flexibility index (Phi) is 3.40. The van der Waals surface area contributed by atoms with Gasteiger partial charge in [0, 0.05) is 28.8 Å². The van der Waals surface area contributed by atoms with Crippen LogP contribution in [0.15, 0.2) is 36.5 Å². The van der Waals surface area contributed by atoms with Crippen LogP contribution >= 0.6 is 0 Å². The number of nitrogens with zero attached hydrogens (tertiary/aromatic N) is 1. The monoisotopic (exact) mass is 318 g/mol. The molecular formula is C16H9F3N2O2. The predicted molar refractivity (Wildman–Crippen MR) is 78.4 cm³/mol. The van der Waals surface area contributed by atoms with Crippen LogP contribution < -0.4 is 5.73 Å². The highest BCUT2D eigenvalue weighted by atomic mass is 19.2. The van der Waals surface area contributed by atoms with Crippen LogP contribution in [0.2, 0.25) is 0 Å². The molecule has 0 aliphatic carbocycles. The number of rotatable bonds is 2. The van der Waals surface area contributed by atoms with Crippen molar-refractivity contribution < 1.29 is 23.1 Å². The Labute approximate surface area is 128 Å². The Bertz CT molecular complexity index is 958. The van der Waals surface area contributed by atoms with E-state index in [0.717, 1.165) is 12.3 Å². The number of carboxylic acids is 1. The average molecular weight is 318 g/mol. The van der Waals surface area contributed by atoms with E-state index in [1.54, 1.807) is 0 Å². The Balaban J connectivity index is 2.37. The van der Waals surface area contributed by atoms with Crippen molar-refractivity contribution in [2.24, 2.45) is 0 Å². The number of anilines is 1. The third kappa shape index (κ3) is 2.36. The molecule has 3 N–H and O–H groups in total. The average Bonchev–Trinajstić information content (AvgIpc) is 2.50. The lowest BCUT2D eigenvalue weighted by Crippen LogP contribution is -2.04. The van der Waals surface area contributed by atoms with Gasteiger partial charge in [0.05, 0.1) is 11.2 Å². The summed E-state index contributed by atoms with van der Waals surface area (Å²) in [5, 5.41) is 9.31. The summed E-state index contributed by atoms with van der Waals surface area (Å²) in [4.78, 5) is 15.1. The molecule has 7 heteroatoms. The van der Waals surface area contributed by atoms with Crippen molar-refractivity contribution in [1.29, 1.82) is 0 Å². The first-order valence-electron chi connectivity index (χ1n) is 6.45. The lowest BCUT2D eigenvalue weighted by Gasteiger charge is -2.11. The van der Waals surface area contributed by atoms with E-state index in [2.05, 4.69) is 4.98 Å². The summed E-state index contributed by atoms with van der Waals surface area (Å²) in [6, 6.07) is 5.68. The largest absolute Gasteiger partial charge is 0.478 e. The van der Waals surface area contributed by atoms with Gasteiger partial charge >= 0.3 is 5.97 Å². The Morgan fingerprint density at radius 2 is 1.87 bits per heavy atom. The number of halogens is 3. The van der Waals surface area contributed by atoms with Crippen molar-refractivity contribution in [3.8, 4) is 11.1 Å². The molecule has 0 fully saturated rings. The van der Waals surface area contributed by atoms with Crippen LogP contribution in [0.3, 0.4) is 0 Å². The third-order valence-corrected chi connectivity index (χ3v) is 3.45. The van der Waals surface area contributed by atoms with Crippen LogP contribution in [0, 0.1) is 17.5 Å². The molecule has 3 aromatic rings. The van der Waals surface area contributed by atoms with Crippen LogP contribution in [-0.4, -0.2) is 16.1 Å². The first kappa shape index (κ1) is 14.8. The molecule has 0 amide bonds. The molecule has 0 bridgehead atoms. The lowest BCUT2D eigenvalue weighted by molar-refractivity contribution is 0.0698. The van der Waals surface area contributed by atoms with Gasteiger partial charge in [-0.15, -0.1) is 0 Å². The lowest BCUT2D eigenvalue weighted by atomic mass is 9.99. The minimum atomic E-state index is -1.33. The second-order valence-electron chi connectivity index (χ2n) is 4.84. The predicted octanol–water partition coefficient (Wildman–Crippen LogP) is 3.60. The number of nitrogen functional groups attached to an aromatic ring is 1. The van der Waals surface area contributed by atoms with Gasteiger partial charge in [0.15, 0.2) is 11.6 Å². The Hall–Kier alpha value is -3.09. The van der Waals surface area contributed by atoms with Crippen molar-refractivity contribution in [2.45, 2.75) is 0 Å². The summed E-state index contributed by atoms with van der Waals surface area (Å²) in [6.07, 6.45) is 1.02. The number of para-hydroxylation sites is 1. The summed E-state index contributed by atoms with van der Waals surface area (Å²) in [6.45, 7) is 0. The van der Waals surface area contributed by atoms with Crippen molar-refractivity contribution in [2.75, 3.05) is 5.73 Å². The van der Waals surface area contributed by atoms with E-state index in [0.29, 0.717) is 6.07 Å². The van der Waals surface area contributed by atoms with Crippen molar-refractivity contribution in [3.05, 3.63) is 59.5 Å². The summed E-state index contributed by atoms with van der Waals surface area (Å²) in [5.41, 5.74) is 5.49. The fourth-order valence-corrected chi connectivity index (χ4v) is 2.38. The second kappa shape index (κ2) is 5.28. The molecule has 0 radical (unpaired) electrons. The van der Waals surface area contributed by atoms with E-state index in [1.165, 1.54) is 18.2 Å². The number of benzene rings is 2. The molecule has 1 heterocycles. The quantitative estimate of drug-likeness (QED) is 0.708. The van der Waals surface area contributed by atoms with Crippen LogP contribution in [0.4, 0.5) is 18.9 Å². The van der Waals surface area contributed by atoms with Crippen LogP contribution in [0.1, 0.15) is 10.4 Å². The maximum Gasteiger partial charge on any atom is 0.339 e. The summed E-state index contributed by atoms with van der Waals surface area (Å²) >= 11 is 0. The number of fused-ring (bicyclic) bond motifs is 1. The molecule has 0 aliphatic heterocycles. The molecule has 4 nitrogen and oxygen atoms in total. The number of pyridine rings is 1. The molecule has 0 atom stereocenters. The number of aromatic nitrogens is 1. The molecule has 1 aromatic heterocycles. The number of hydrogen-bond acceptors (Lipinski definition) is 3. The number of aromatic carboxylic acids is 1. The molecule has 2 aromatic carbocycles. The van der Waals surface area contributed by atoms with E-state index < -0.39 is 23.4 Å². The maximum atomic E-state index is 14.0. The van der Waals surface area contributed by atoms with Crippen LogP contribution in [-0.2, 0) is 0 Å². The minimum absolute atomic E-state index is 0.0540. The standard InChI is InChI=1S/C16H9F3N2O2/c17-7-4-10(13(19)12(18)5-7)8-2-1-3-9-14(20)11(16(22)23)6-21-15(8)9/h1-6H,(H2,20,21)(H,22,23). The number of nitrogens with two attached hydrogens (primary N) is 1. The van der Waals surface area contributed by atoms with Gasteiger partial charge < -0.3 is 10.8 Å². The van der Waals surface area contributed by atoms with Gasteiger partial charge in [-0.05, 0) is 6.07 Å². The zero-order chi connectivity index (χ0) is 16.7. The van der Waals surface area contributed by atoms with Crippen molar-refractivity contribution in [1.82, 2.24) is 4.98 Å². The first-order chi connectivity index (χ1) is 10.9. The van der Waals surface area contributed by atoms with Crippen LogP contribution in [0.5, 0.6) is 0 Å². The molecule has 0 aliphatic rings. The molecule has 0 saturated carbocycles. The van der Waals surface area contributed by atoms with E-state index in [-0.39, 0.29) is 33.3 Å². The Morgan fingerprint density at radius 1 is 1.13 bits per heavy atom. The van der Waals surface area contributed by atoms with Crippen LogP contribution in [0.25, 0.3) is 22.0 Å². The zero-order valence-corrected chi connectivity index (χ0v) is 11.5. The molecule has 116 valence electrons. The van der Waals surface area contributed by atoms with E-state index in [1.807, 2.05) is 0 Å². The number of hydrogen-bond donors (Lipinski definition) is 2. The van der Waals surface area contributed by atoms with Gasteiger partial charge in [-0.25, -0.2) is 18.0 Å². The van der Waals surface area contributed by atoms with Gasteiger partial charge in [-0.1, -0.05) is 18.2 Å². The smallest absolute Gasteiger partial charge is 0.339 e. The number of carboxylic acid groups (broad SMARTS) is 1. The summed E-state index contributed by atoms with van der Waals surface area (Å²) in [5.74, 6) is -4.75. The van der Waals surface area contributed by atoms with Gasteiger partial charge in [0.2, 0.25) is 0 Å². The molecular weight excluding hydrogens is 309 g/mol. The second-order valence-corrected chi connectivity index (χ2v) is 4.84. The molecule has 0 unspecified atom stereocenters. The molecule has 0 spiro atoms. The fourth-order valence-electron chi connectivity index (χ4n) is 2.38. The topological polar surface area (TPSA) is 76.2 Å². The zero-order valence-electron chi connectivity index (χ0n) is 11.5. The third-order valence-electron chi connectivity index (χ3n) is 3.45. The summed E-state index contributed by atoms with van der Waals surface area (Å²) in [7, 11) is 0. The molecule has 0 saturated heterocycles. The highest BCUT2D eigenvalue weighted by Crippen LogP contribution is 2.33. The van der Waals surface area contributed by atoms with Gasteiger partial charge in [-0.2, -0.15) is 0 Å². The highest BCUT2D eigenvalue weighted by molar-refractivity contribution is 6.06. The van der Waals surface area contributed by atoms with Crippen molar-refractivity contribution in [3.63, 3.8) is 0 Å². The van der Waals surface area contributed by atoms with Gasteiger partial charge in [-0.3, -0.25) is 4.98 Å². The molecule has 3 rings (SSSR count). The maximum absolute atomic E-state index is 14.0. The van der Waals surface area contributed by atoms with E-state index >= 15 is 0 Å². The fraction of sp³-hybridized carbons (Fsp3) is 0. The van der Waals surface area contributed by atoms with E-state index in [9.17, 15) is 18.0 Å². The SMILES string of the molecule is Nc1c(C(=O)O)cnc2c(-c3cc(F)cc(F)c3F)cccc12. The number of carbonyl (C=O) groups is 1. The first-order valence-corrected chi connectivity index (χ1v) is 6.45. The van der Waals surface area contributed by atoms with Crippen molar-refractivity contribution >= 4 is 22.6 Å². The minimum Gasteiger partial charge on any atom is -0.478 e. The Morgan fingerprint density at radius 3 is 2.57 bits per heavy atom. The highest BCUT2D eigenvalue weighted by Gasteiger charge is 2.18. The summed E-state index contributed by atoms with van der Waals surface area (Å²) < 4.78 is 40.9. The van der Waals surface area contributed by atoms with Gasteiger partial charge in [0.1, 0.15) is 11.4 Å².